The fraction of sp³-hybridized carbons (Fsp3) is 0.950. The number of unbranched alkanes of at least 4 members (excludes halogenated alkanes) is 4. The normalized spacial score (nSPS) is 20.5. The van der Waals surface area contributed by atoms with Crippen molar-refractivity contribution in [3.05, 3.63) is 0 Å². The Kier molecular flexibility index (Phi) is 8.37. The summed E-state index contributed by atoms with van der Waals surface area (Å²) in [5.74, 6) is 1.17. The molecule has 0 bridgehead atoms. The Hall–Kier alpha value is -0.770. The van der Waals surface area contributed by atoms with E-state index in [1.807, 2.05) is 0 Å². The molecule has 140 valence electrons. The van der Waals surface area contributed by atoms with E-state index in [0.717, 1.165) is 13.1 Å². The molecule has 0 radical (unpaired) electrons. The molecule has 4 nitrogen and oxygen atoms in total. The van der Waals surface area contributed by atoms with Crippen molar-refractivity contribution in [1.29, 1.82) is 0 Å². The minimum Gasteiger partial charge on any atom is -0.357 e. The van der Waals surface area contributed by atoms with Crippen LogP contribution in [0.25, 0.3) is 0 Å². The second-order valence-electron chi connectivity index (χ2n) is 8.19. The molecule has 0 amide bonds. The largest absolute Gasteiger partial charge is 0.357 e. The van der Waals surface area contributed by atoms with Crippen LogP contribution < -0.4 is 5.32 Å². The predicted octanol–water partition coefficient (Wildman–Crippen LogP) is 3.73. The fourth-order valence-electron chi connectivity index (χ4n) is 4.33. The quantitative estimate of drug-likeness (QED) is 0.395. The molecule has 1 aliphatic carbocycles. The standard InChI is InChI=1S/C20H40N4/c1-4-21-19(22-15-10-6-5-7-11-16-23(2)3)24-17-14-20(18-24)12-8-9-13-20/h4-18H2,1-3H3,(H,21,22). The molecule has 24 heavy (non-hydrogen) atoms. The topological polar surface area (TPSA) is 30.9 Å². The van der Waals surface area contributed by atoms with E-state index in [-0.39, 0.29) is 0 Å². The Morgan fingerprint density at radius 1 is 1.04 bits per heavy atom. The van der Waals surface area contributed by atoms with Crippen LogP contribution in [0, 0.1) is 5.41 Å². The first kappa shape index (κ1) is 19.6. The number of likely N-dealkylation sites (tertiary alicyclic amines) is 1. The summed E-state index contributed by atoms with van der Waals surface area (Å²) in [7, 11) is 4.32. The van der Waals surface area contributed by atoms with E-state index in [0.29, 0.717) is 5.41 Å². The minimum absolute atomic E-state index is 0.628. The molecule has 1 saturated carbocycles. The van der Waals surface area contributed by atoms with Crippen LogP contribution in [0.3, 0.4) is 0 Å². The molecule has 1 N–H and O–H groups in total. The van der Waals surface area contributed by atoms with Crippen molar-refractivity contribution in [2.75, 3.05) is 46.8 Å². The van der Waals surface area contributed by atoms with Gasteiger partial charge in [0.05, 0.1) is 0 Å². The van der Waals surface area contributed by atoms with Gasteiger partial charge >= 0.3 is 0 Å². The van der Waals surface area contributed by atoms with Gasteiger partial charge in [-0.2, -0.15) is 0 Å². The van der Waals surface area contributed by atoms with Gasteiger partial charge in [0, 0.05) is 26.2 Å². The van der Waals surface area contributed by atoms with Gasteiger partial charge < -0.3 is 15.1 Å². The van der Waals surface area contributed by atoms with Crippen LogP contribution in [0.15, 0.2) is 4.99 Å². The first-order valence-electron chi connectivity index (χ1n) is 10.3. The third-order valence-electron chi connectivity index (χ3n) is 5.76. The molecule has 0 aromatic carbocycles. The second-order valence-corrected chi connectivity index (χ2v) is 8.19. The molecular weight excluding hydrogens is 296 g/mol. The highest BCUT2D eigenvalue weighted by molar-refractivity contribution is 5.80. The lowest BCUT2D eigenvalue weighted by Gasteiger charge is -2.26. The Labute approximate surface area is 150 Å². The third-order valence-corrected chi connectivity index (χ3v) is 5.76. The van der Waals surface area contributed by atoms with Gasteiger partial charge in [-0.1, -0.05) is 32.1 Å². The van der Waals surface area contributed by atoms with Crippen molar-refractivity contribution in [2.24, 2.45) is 10.4 Å². The van der Waals surface area contributed by atoms with E-state index in [2.05, 4.69) is 36.1 Å². The van der Waals surface area contributed by atoms with Crippen LogP contribution in [-0.2, 0) is 0 Å². The van der Waals surface area contributed by atoms with E-state index >= 15 is 0 Å². The first-order chi connectivity index (χ1) is 11.7. The van der Waals surface area contributed by atoms with Gasteiger partial charge in [0.25, 0.3) is 0 Å². The van der Waals surface area contributed by atoms with E-state index in [4.69, 9.17) is 4.99 Å². The summed E-state index contributed by atoms with van der Waals surface area (Å²) in [5, 5.41) is 3.52. The Morgan fingerprint density at radius 3 is 2.46 bits per heavy atom. The van der Waals surface area contributed by atoms with Gasteiger partial charge in [-0.15, -0.1) is 0 Å². The molecule has 2 rings (SSSR count). The van der Waals surface area contributed by atoms with Crippen molar-refractivity contribution >= 4 is 5.96 Å². The summed E-state index contributed by atoms with van der Waals surface area (Å²) >= 11 is 0. The SMILES string of the molecule is CCNC(=NCCCCCCCN(C)C)N1CCC2(CCCC2)C1. The molecule has 2 aliphatic rings. The molecular formula is C20H40N4. The average Bonchev–Trinajstić information content (AvgIpc) is 3.19. The molecule has 0 atom stereocenters. The molecule has 1 heterocycles. The number of rotatable bonds is 9. The predicted molar refractivity (Wildman–Crippen MR) is 105 cm³/mol. The Balaban J connectivity index is 1.66. The van der Waals surface area contributed by atoms with E-state index in [1.54, 1.807) is 0 Å². The van der Waals surface area contributed by atoms with E-state index in [9.17, 15) is 0 Å². The summed E-state index contributed by atoms with van der Waals surface area (Å²) in [6, 6.07) is 0. The van der Waals surface area contributed by atoms with Crippen molar-refractivity contribution < 1.29 is 0 Å². The summed E-state index contributed by atoms with van der Waals surface area (Å²) in [5.41, 5.74) is 0.628. The maximum absolute atomic E-state index is 4.92. The van der Waals surface area contributed by atoms with Crippen LogP contribution in [0.1, 0.15) is 71.1 Å². The molecule has 0 aromatic heterocycles. The zero-order chi connectivity index (χ0) is 17.3. The van der Waals surface area contributed by atoms with Gasteiger partial charge in [0.15, 0.2) is 5.96 Å². The molecule has 4 heteroatoms. The third kappa shape index (κ3) is 6.27. The second kappa shape index (κ2) is 10.3. The van der Waals surface area contributed by atoms with Crippen molar-refractivity contribution in [3.63, 3.8) is 0 Å². The maximum atomic E-state index is 4.92. The van der Waals surface area contributed by atoms with Crippen LogP contribution >= 0.6 is 0 Å². The molecule has 1 saturated heterocycles. The minimum atomic E-state index is 0.628. The highest BCUT2D eigenvalue weighted by Gasteiger charge is 2.40. The number of hydrogen-bond donors (Lipinski definition) is 1. The molecule has 1 spiro atoms. The molecule has 0 aromatic rings. The van der Waals surface area contributed by atoms with E-state index < -0.39 is 0 Å². The lowest BCUT2D eigenvalue weighted by atomic mass is 9.86. The lowest BCUT2D eigenvalue weighted by molar-refractivity contribution is 0.309. The van der Waals surface area contributed by atoms with Gasteiger partial charge in [0.2, 0.25) is 0 Å². The Bertz CT molecular complexity index is 372. The highest BCUT2D eigenvalue weighted by atomic mass is 15.3. The summed E-state index contributed by atoms with van der Waals surface area (Å²) < 4.78 is 0. The van der Waals surface area contributed by atoms with E-state index in [1.165, 1.54) is 89.8 Å². The van der Waals surface area contributed by atoms with Crippen LogP contribution in [0.2, 0.25) is 0 Å². The fourth-order valence-corrected chi connectivity index (χ4v) is 4.33. The summed E-state index contributed by atoms with van der Waals surface area (Å²) in [4.78, 5) is 9.73. The maximum Gasteiger partial charge on any atom is 0.193 e. The molecule has 1 aliphatic heterocycles. The highest BCUT2D eigenvalue weighted by Crippen LogP contribution is 2.45. The first-order valence-corrected chi connectivity index (χ1v) is 10.3. The van der Waals surface area contributed by atoms with Crippen LogP contribution in [-0.4, -0.2) is 62.6 Å². The van der Waals surface area contributed by atoms with Crippen LogP contribution in [0.5, 0.6) is 0 Å². The van der Waals surface area contributed by atoms with Gasteiger partial charge in [0.1, 0.15) is 0 Å². The van der Waals surface area contributed by atoms with Gasteiger partial charge in [-0.3, -0.25) is 4.99 Å². The van der Waals surface area contributed by atoms with Crippen molar-refractivity contribution in [3.8, 4) is 0 Å². The summed E-state index contributed by atoms with van der Waals surface area (Å²) in [6.45, 7) is 7.81. The lowest BCUT2D eigenvalue weighted by Crippen LogP contribution is -2.41. The van der Waals surface area contributed by atoms with Crippen LogP contribution in [0.4, 0.5) is 0 Å². The smallest absolute Gasteiger partial charge is 0.193 e. The van der Waals surface area contributed by atoms with Crippen molar-refractivity contribution in [2.45, 2.75) is 71.1 Å². The number of hydrogen-bond acceptors (Lipinski definition) is 2. The Morgan fingerprint density at radius 2 is 1.75 bits per heavy atom. The summed E-state index contributed by atoms with van der Waals surface area (Å²) in [6.07, 6.45) is 13.7. The van der Waals surface area contributed by atoms with Gasteiger partial charge in [-0.05, 0) is 65.1 Å². The zero-order valence-corrected chi connectivity index (χ0v) is 16.4. The number of nitrogens with one attached hydrogen (secondary N) is 1. The number of guanidine groups is 1. The number of nitrogens with zero attached hydrogens (tertiary/aromatic N) is 3. The zero-order valence-electron chi connectivity index (χ0n) is 16.4. The average molecular weight is 337 g/mol. The van der Waals surface area contributed by atoms with Crippen molar-refractivity contribution in [1.82, 2.24) is 15.1 Å². The van der Waals surface area contributed by atoms with Gasteiger partial charge in [-0.25, -0.2) is 0 Å². The number of aliphatic imine (C=N–C) groups is 1. The molecule has 2 fully saturated rings. The monoisotopic (exact) mass is 336 g/mol. The molecule has 0 unspecified atom stereocenters.